The molecule has 0 radical (unpaired) electrons. The van der Waals surface area contributed by atoms with Gasteiger partial charge in [0.05, 0.1) is 11.3 Å². The number of hydrogen-bond donors (Lipinski definition) is 1. The van der Waals surface area contributed by atoms with E-state index in [0.29, 0.717) is 35.6 Å². The number of anilines is 1. The summed E-state index contributed by atoms with van der Waals surface area (Å²) in [6, 6.07) is 8.91. The molecule has 0 heterocycles. The van der Waals surface area contributed by atoms with Gasteiger partial charge in [-0.15, -0.1) is 0 Å². The van der Waals surface area contributed by atoms with Gasteiger partial charge in [-0.1, -0.05) is 19.1 Å². The van der Waals surface area contributed by atoms with Gasteiger partial charge in [-0.2, -0.15) is 5.26 Å². The molecule has 1 unspecified atom stereocenters. The Labute approximate surface area is 116 Å². The van der Waals surface area contributed by atoms with E-state index in [1.54, 1.807) is 24.3 Å². The molecular weight excluding hydrogens is 260 g/mol. The highest BCUT2D eigenvalue weighted by Gasteiger charge is 2.07. The fraction of sp³-hybridized carbons (Fsp3) is 0.429. The van der Waals surface area contributed by atoms with E-state index in [-0.39, 0.29) is 5.91 Å². The predicted molar refractivity (Wildman–Crippen MR) is 77.2 cm³/mol. The van der Waals surface area contributed by atoms with Crippen LogP contribution in [-0.4, -0.2) is 21.6 Å². The minimum Gasteiger partial charge on any atom is -0.325 e. The summed E-state index contributed by atoms with van der Waals surface area (Å²) in [5.74, 6) is 1.11. The lowest BCUT2D eigenvalue weighted by Gasteiger charge is -2.06. The van der Waals surface area contributed by atoms with Gasteiger partial charge in [0.15, 0.2) is 0 Å². The van der Waals surface area contributed by atoms with E-state index in [2.05, 4.69) is 5.32 Å². The van der Waals surface area contributed by atoms with E-state index in [1.165, 1.54) is 0 Å². The summed E-state index contributed by atoms with van der Waals surface area (Å²) in [4.78, 5) is 11.7. The van der Waals surface area contributed by atoms with Crippen molar-refractivity contribution in [3.63, 3.8) is 0 Å². The van der Waals surface area contributed by atoms with E-state index in [0.717, 1.165) is 6.42 Å². The second-order valence-electron chi connectivity index (χ2n) is 4.16. The van der Waals surface area contributed by atoms with E-state index >= 15 is 0 Å². The van der Waals surface area contributed by atoms with Crippen molar-refractivity contribution in [2.45, 2.75) is 26.2 Å². The Hall–Kier alpha value is -1.67. The molecule has 0 saturated carbocycles. The highest BCUT2D eigenvalue weighted by atomic mass is 32.2. The summed E-state index contributed by atoms with van der Waals surface area (Å²) >= 11 is 0. The van der Waals surface area contributed by atoms with Gasteiger partial charge in [-0.3, -0.25) is 9.00 Å². The Bertz CT molecular complexity index is 494. The number of amides is 1. The van der Waals surface area contributed by atoms with Gasteiger partial charge < -0.3 is 5.32 Å². The molecule has 1 rings (SSSR count). The smallest absolute Gasteiger partial charge is 0.224 e. The van der Waals surface area contributed by atoms with E-state index in [4.69, 9.17) is 5.26 Å². The molecule has 0 fully saturated rings. The van der Waals surface area contributed by atoms with Gasteiger partial charge in [-0.05, 0) is 25.0 Å². The van der Waals surface area contributed by atoms with Crippen molar-refractivity contribution in [3.05, 3.63) is 29.8 Å². The molecule has 1 amide bonds. The number of hydrogen-bond acceptors (Lipinski definition) is 3. The first kappa shape index (κ1) is 15.4. The Morgan fingerprint density at radius 2 is 2.11 bits per heavy atom. The lowest BCUT2D eigenvalue weighted by Crippen LogP contribution is -2.13. The van der Waals surface area contributed by atoms with Crippen molar-refractivity contribution in [3.8, 4) is 6.07 Å². The zero-order valence-electron chi connectivity index (χ0n) is 11.0. The van der Waals surface area contributed by atoms with Crippen LogP contribution in [0.25, 0.3) is 0 Å². The highest BCUT2D eigenvalue weighted by Crippen LogP contribution is 2.13. The van der Waals surface area contributed by atoms with Crippen LogP contribution in [-0.2, 0) is 15.6 Å². The van der Waals surface area contributed by atoms with E-state index < -0.39 is 10.8 Å². The maximum absolute atomic E-state index is 11.7. The first-order valence-electron chi connectivity index (χ1n) is 6.31. The van der Waals surface area contributed by atoms with Crippen LogP contribution < -0.4 is 5.32 Å². The number of para-hydroxylation sites is 1. The van der Waals surface area contributed by atoms with E-state index in [1.807, 2.05) is 13.0 Å². The Balaban J connectivity index is 2.40. The van der Waals surface area contributed by atoms with E-state index in [9.17, 15) is 9.00 Å². The molecule has 102 valence electrons. The van der Waals surface area contributed by atoms with Crippen molar-refractivity contribution in [1.82, 2.24) is 0 Å². The summed E-state index contributed by atoms with van der Waals surface area (Å²) in [7, 11) is -0.821. The van der Waals surface area contributed by atoms with Gasteiger partial charge in [0.25, 0.3) is 0 Å². The number of nitriles is 1. The lowest BCUT2D eigenvalue weighted by atomic mass is 10.2. The third-order valence-corrected chi connectivity index (χ3v) is 4.14. The number of rotatable bonds is 7. The summed E-state index contributed by atoms with van der Waals surface area (Å²) in [5.41, 5.74) is 0.982. The number of nitrogens with zero attached hydrogens (tertiary/aromatic N) is 1. The van der Waals surface area contributed by atoms with Crippen LogP contribution in [0, 0.1) is 11.3 Å². The molecule has 0 aliphatic carbocycles. The molecule has 19 heavy (non-hydrogen) atoms. The maximum atomic E-state index is 11.7. The van der Waals surface area contributed by atoms with Crippen LogP contribution in [0.1, 0.15) is 31.7 Å². The van der Waals surface area contributed by atoms with Gasteiger partial charge >= 0.3 is 0 Å². The zero-order valence-corrected chi connectivity index (χ0v) is 11.8. The second kappa shape index (κ2) is 8.44. The van der Waals surface area contributed by atoms with Crippen molar-refractivity contribution in [1.29, 1.82) is 5.26 Å². The minimum absolute atomic E-state index is 0.142. The molecular formula is C14H18N2O2S. The molecule has 5 heteroatoms. The fourth-order valence-corrected chi connectivity index (χ4v) is 2.75. The number of nitrogens with one attached hydrogen (secondary N) is 1. The second-order valence-corrected chi connectivity index (χ2v) is 5.85. The Morgan fingerprint density at radius 3 is 2.79 bits per heavy atom. The third-order valence-electron chi connectivity index (χ3n) is 2.53. The molecule has 0 aromatic heterocycles. The monoisotopic (exact) mass is 278 g/mol. The van der Waals surface area contributed by atoms with Crippen LogP contribution in [0.15, 0.2) is 24.3 Å². The zero-order chi connectivity index (χ0) is 14.1. The van der Waals surface area contributed by atoms with Crippen LogP contribution in [0.3, 0.4) is 0 Å². The largest absolute Gasteiger partial charge is 0.325 e. The number of carbonyl (C=O) groups is 1. The number of benzene rings is 1. The molecule has 1 atom stereocenters. The topological polar surface area (TPSA) is 70.0 Å². The van der Waals surface area contributed by atoms with Gasteiger partial charge in [0, 0.05) is 28.7 Å². The predicted octanol–water partition coefficient (Wildman–Crippen LogP) is 2.44. The minimum atomic E-state index is -0.821. The summed E-state index contributed by atoms with van der Waals surface area (Å²) in [5, 5.41) is 11.6. The van der Waals surface area contributed by atoms with Crippen molar-refractivity contribution < 1.29 is 9.00 Å². The van der Waals surface area contributed by atoms with Crippen LogP contribution in [0.4, 0.5) is 5.69 Å². The van der Waals surface area contributed by atoms with Gasteiger partial charge in [-0.25, -0.2) is 0 Å². The standard InChI is InChI=1S/C14H18N2O2S/c1-2-9-19(18)10-5-8-14(17)16-13-7-4-3-6-12(13)11-15/h3-4,6-7H,2,5,8-10H2,1H3,(H,16,17). The molecule has 1 aromatic carbocycles. The third kappa shape index (κ3) is 5.66. The van der Waals surface area contributed by atoms with Crippen molar-refractivity contribution >= 4 is 22.4 Å². The highest BCUT2D eigenvalue weighted by molar-refractivity contribution is 7.84. The summed E-state index contributed by atoms with van der Waals surface area (Å²) in [6.07, 6.45) is 1.83. The molecule has 4 nitrogen and oxygen atoms in total. The molecule has 1 aromatic rings. The first-order chi connectivity index (χ1) is 9.17. The average Bonchev–Trinajstić information content (AvgIpc) is 2.39. The fourth-order valence-electron chi connectivity index (χ4n) is 1.63. The first-order valence-corrected chi connectivity index (χ1v) is 7.80. The Kier molecular flexibility index (Phi) is 6.83. The number of carbonyl (C=O) groups excluding carboxylic acids is 1. The molecule has 0 aliphatic heterocycles. The van der Waals surface area contributed by atoms with Crippen molar-refractivity contribution in [2.24, 2.45) is 0 Å². The summed E-state index contributed by atoms with van der Waals surface area (Å²) in [6.45, 7) is 1.99. The van der Waals surface area contributed by atoms with Gasteiger partial charge in [0.2, 0.25) is 5.91 Å². The molecule has 0 spiro atoms. The lowest BCUT2D eigenvalue weighted by molar-refractivity contribution is -0.116. The Morgan fingerprint density at radius 1 is 1.37 bits per heavy atom. The molecule has 0 aliphatic rings. The van der Waals surface area contributed by atoms with Crippen molar-refractivity contribution in [2.75, 3.05) is 16.8 Å². The normalized spacial score (nSPS) is 11.6. The van der Waals surface area contributed by atoms with Crippen LogP contribution in [0.5, 0.6) is 0 Å². The quantitative estimate of drug-likeness (QED) is 0.832. The molecule has 1 N–H and O–H groups in total. The SMILES string of the molecule is CCCS(=O)CCCC(=O)Nc1ccccc1C#N. The maximum Gasteiger partial charge on any atom is 0.224 e. The van der Waals surface area contributed by atoms with Crippen LogP contribution in [0.2, 0.25) is 0 Å². The van der Waals surface area contributed by atoms with Gasteiger partial charge in [0.1, 0.15) is 6.07 Å². The van der Waals surface area contributed by atoms with Crippen LogP contribution >= 0.6 is 0 Å². The average molecular weight is 278 g/mol. The summed E-state index contributed by atoms with van der Waals surface area (Å²) < 4.78 is 11.4. The molecule has 0 saturated heterocycles. The molecule has 0 bridgehead atoms.